The molecule has 1 nitrogen and oxygen atoms in total. The number of methoxy groups -OCH3 is 1. The molecule has 4 aromatic rings. The lowest BCUT2D eigenvalue weighted by Gasteiger charge is -2.33. The van der Waals surface area contributed by atoms with E-state index in [0.29, 0.717) is 0 Å². The normalized spacial score (nSPS) is 12.0. The van der Waals surface area contributed by atoms with E-state index >= 15 is 0 Å². The van der Waals surface area contributed by atoms with Crippen LogP contribution in [-0.2, 0) is 4.74 Å². The molecule has 0 aromatic heterocycles. The van der Waals surface area contributed by atoms with Gasteiger partial charge < -0.3 is 17.1 Å². The van der Waals surface area contributed by atoms with E-state index < -0.39 is 7.26 Å². The zero-order valence-electron chi connectivity index (χ0n) is 16.4. The summed E-state index contributed by atoms with van der Waals surface area (Å²) in [5, 5.41) is 3.97. The highest BCUT2D eigenvalue weighted by atomic mass is 35.5. The summed E-state index contributed by atoms with van der Waals surface area (Å²) < 4.78 is 6.31. The van der Waals surface area contributed by atoms with Crippen molar-refractivity contribution in [3.63, 3.8) is 0 Å². The van der Waals surface area contributed by atoms with Crippen molar-refractivity contribution in [1.82, 2.24) is 0 Å². The lowest BCUT2D eigenvalue weighted by Crippen LogP contribution is -3.00. The van der Waals surface area contributed by atoms with E-state index in [1.165, 1.54) is 21.5 Å². The predicted molar refractivity (Wildman–Crippen MR) is 121 cm³/mol. The Bertz CT molecular complexity index is 895. The van der Waals surface area contributed by atoms with Crippen LogP contribution in [0.2, 0.25) is 0 Å². The molecule has 0 radical (unpaired) electrons. The van der Waals surface area contributed by atoms with Gasteiger partial charge in [0.05, 0.1) is 0 Å². The van der Waals surface area contributed by atoms with E-state index in [1.54, 1.807) is 0 Å². The highest BCUT2D eigenvalue weighted by Gasteiger charge is 2.53. The van der Waals surface area contributed by atoms with Crippen molar-refractivity contribution in [2.75, 3.05) is 7.11 Å². The van der Waals surface area contributed by atoms with Crippen LogP contribution in [0.25, 0.3) is 0 Å². The molecule has 0 N–H and O–H groups in total. The standard InChI is InChI=1S/C26H24OP.ClH/c1-27-26(22-14-6-2-7-15-22)28(23-16-8-3-9-17-23,24-18-10-4-11-19-24)25-20-12-5-13-21-25;/h2-21,26H,1H3;1H/q+1;/p-1. The highest BCUT2D eigenvalue weighted by molar-refractivity contribution is 7.95. The lowest BCUT2D eigenvalue weighted by atomic mass is 10.2. The minimum Gasteiger partial charge on any atom is -1.00 e. The second kappa shape index (κ2) is 9.85. The molecule has 0 bridgehead atoms. The molecule has 0 aliphatic carbocycles. The molecule has 0 amide bonds. The van der Waals surface area contributed by atoms with Crippen LogP contribution in [0.1, 0.15) is 11.4 Å². The van der Waals surface area contributed by atoms with E-state index in [4.69, 9.17) is 4.74 Å². The van der Waals surface area contributed by atoms with Crippen LogP contribution in [0.4, 0.5) is 0 Å². The van der Waals surface area contributed by atoms with E-state index in [1.807, 2.05) is 7.11 Å². The number of hydrogen-bond acceptors (Lipinski definition) is 1. The monoisotopic (exact) mass is 418 g/mol. The fourth-order valence-electron chi connectivity index (χ4n) is 3.98. The zero-order chi connectivity index (χ0) is 19.2. The van der Waals surface area contributed by atoms with Gasteiger partial charge in [-0.2, -0.15) is 0 Å². The zero-order valence-corrected chi connectivity index (χ0v) is 18.0. The maximum absolute atomic E-state index is 6.31. The van der Waals surface area contributed by atoms with Crippen molar-refractivity contribution in [2.24, 2.45) is 0 Å². The molecule has 146 valence electrons. The molecule has 0 aliphatic rings. The molecular weight excluding hydrogens is 395 g/mol. The lowest BCUT2D eigenvalue weighted by molar-refractivity contribution is -0.00000572. The first-order chi connectivity index (χ1) is 13.9. The van der Waals surface area contributed by atoms with E-state index in [-0.39, 0.29) is 18.3 Å². The smallest absolute Gasteiger partial charge is 0.206 e. The van der Waals surface area contributed by atoms with Gasteiger partial charge in [0.25, 0.3) is 0 Å². The summed E-state index contributed by atoms with van der Waals surface area (Å²) in [6, 6.07) is 43.2. The van der Waals surface area contributed by atoms with Gasteiger partial charge >= 0.3 is 0 Å². The van der Waals surface area contributed by atoms with Gasteiger partial charge in [0, 0.05) is 12.7 Å². The number of benzene rings is 4. The molecule has 0 fully saturated rings. The third kappa shape index (κ3) is 4.00. The molecule has 0 aliphatic heterocycles. The quantitative estimate of drug-likeness (QED) is 0.437. The summed E-state index contributed by atoms with van der Waals surface area (Å²) in [4.78, 5) is 0. The third-order valence-corrected chi connectivity index (χ3v) is 9.70. The average Bonchev–Trinajstić information content (AvgIpc) is 2.80. The molecule has 0 saturated heterocycles. The first-order valence-electron chi connectivity index (χ1n) is 9.50. The molecule has 1 atom stereocenters. The molecular formula is C26H24ClOP. The van der Waals surface area contributed by atoms with Crippen molar-refractivity contribution >= 4 is 23.2 Å². The van der Waals surface area contributed by atoms with E-state index in [0.717, 1.165) is 0 Å². The van der Waals surface area contributed by atoms with Gasteiger partial charge in [-0.15, -0.1) is 0 Å². The van der Waals surface area contributed by atoms with Crippen LogP contribution in [0.15, 0.2) is 121 Å². The average molecular weight is 419 g/mol. The SMILES string of the molecule is COC(c1ccccc1)[P+](c1ccccc1)(c1ccccc1)c1ccccc1.[Cl-]. The maximum atomic E-state index is 6.31. The maximum Gasteiger partial charge on any atom is 0.206 e. The Morgan fingerprint density at radius 1 is 0.517 bits per heavy atom. The molecule has 4 rings (SSSR count). The molecule has 0 spiro atoms. The van der Waals surface area contributed by atoms with Crippen molar-refractivity contribution in [3.8, 4) is 0 Å². The van der Waals surface area contributed by atoms with Crippen LogP contribution in [0, 0.1) is 0 Å². The summed E-state index contributed by atoms with van der Waals surface area (Å²) in [5.74, 6) is -0.0686. The third-order valence-electron chi connectivity index (χ3n) is 5.15. The molecule has 4 aromatic carbocycles. The Hall–Kier alpha value is -2.44. The number of halogens is 1. The van der Waals surface area contributed by atoms with Crippen LogP contribution in [0.3, 0.4) is 0 Å². The summed E-state index contributed by atoms with van der Waals surface area (Å²) in [5.41, 5.74) is 1.20. The van der Waals surface area contributed by atoms with Gasteiger partial charge in [-0.3, -0.25) is 0 Å². The van der Waals surface area contributed by atoms with E-state index in [2.05, 4.69) is 121 Å². The first-order valence-corrected chi connectivity index (χ1v) is 11.4. The summed E-state index contributed by atoms with van der Waals surface area (Å²) in [7, 11) is -0.273. The minimum absolute atomic E-state index is 0. The van der Waals surface area contributed by atoms with Crippen molar-refractivity contribution in [1.29, 1.82) is 0 Å². The Kier molecular flexibility index (Phi) is 7.23. The number of ether oxygens (including phenoxy) is 1. The highest BCUT2D eigenvalue weighted by Crippen LogP contribution is 2.66. The van der Waals surface area contributed by atoms with Crippen molar-refractivity contribution in [2.45, 2.75) is 5.85 Å². The van der Waals surface area contributed by atoms with Crippen LogP contribution in [-0.4, -0.2) is 7.11 Å². The Morgan fingerprint density at radius 3 is 1.14 bits per heavy atom. The summed E-state index contributed by atoms with van der Waals surface area (Å²) in [6.45, 7) is 0. The minimum atomic E-state index is -2.11. The van der Waals surface area contributed by atoms with Crippen LogP contribution in [0.5, 0.6) is 0 Å². The van der Waals surface area contributed by atoms with E-state index in [9.17, 15) is 0 Å². The fourth-order valence-corrected chi connectivity index (χ4v) is 8.55. The number of hydrogen-bond donors (Lipinski definition) is 0. The fraction of sp³-hybridized carbons (Fsp3) is 0.0769. The Balaban J connectivity index is 0.00000240. The summed E-state index contributed by atoms with van der Waals surface area (Å²) >= 11 is 0. The Labute approximate surface area is 180 Å². The van der Waals surface area contributed by atoms with Gasteiger partial charge in [0.1, 0.15) is 23.2 Å². The number of rotatable bonds is 6. The molecule has 0 saturated carbocycles. The van der Waals surface area contributed by atoms with Crippen LogP contribution < -0.4 is 28.3 Å². The molecule has 0 heterocycles. The van der Waals surface area contributed by atoms with Gasteiger partial charge in [0.15, 0.2) is 0 Å². The topological polar surface area (TPSA) is 9.23 Å². The summed E-state index contributed by atoms with van der Waals surface area (Å²) in [6.07, 6.45) is 0. The first kappa shape index (κ1) is 21.3. The van der Waals surface area contributed by atoms with Gasteiger partial charge in [-0.1, -0.05) is 84.9 Å². The van der Waals surface area contributed by atoms with Gasteiger partial charge in [-0.05, 0) is 36.4 Å². The molecule has 3 heteroatoms. The predicted octanol–water partition coefficient (Wildman–Crippen LogP) is 2.33. The largest absolute Gasteiger partial charge is 1.00 e. The molecule has 1 unspecified atom stereocenters. The second-order valence-corrected chi connectivity index (χ2v) is 10.2. The van der Waals surface area contributed by atoms with Gasteiger partial charge in [0.2, 0.25) is 5.85 Å². The molecule has 29 heavy (non-hydrogen) atoms. The second-order valence-electron chi connectivity index (χ2n) is 6.73. The van der Waals surface area contributed by atoms with Gasteiger partial charge in [-0.25, -0.2) is 0 Å². The Morgan fingerprint density at radius 2 is 0.828 bits per heavy atom. The van der Waals surface area contributed by atoms with Crippen molar-refractivity contribution in [3.05, 3.63) is 127 Å². The van der Waals surface area contributed by atoms with Crippen LogP contribution >= 0.6 is 7.26 Å². The van der Waals surface area contributed by atoms with Crippen molar-refractivity contribution < 1.29 is 17.1 Å².